The van der Waals surface area contributed by atoms with E-state index in [1.165, 1.54) is 4.90 Å². The molecule has 15 atom stereocenters. The molecule has 10 N–H and O–H groups in total. The smallest absolute Gasteiger partial charge is 0.299 e. The molecule has 57 heavy (non-hydrogen) atoms. The van der Waals surface area contributed by atoms with Crippen LogP contribution < -0.4 is 10.6 Å². The summed E-state index contributed by atoms with van der Waals surface area (Å²) in [6, 6.07) is 0.203. The van der Waals surface area contributed by atoms with Crippen molar-refractivity contribution in [3.63, 3.8) is 0 Å². The Labute approximate surface area is 317 Å². The molecule has 27 heteroatoms. The van der Waals surface area contributed by atoms with Gasteiger partial charge in [-0.05, 0) is 12.1 Å². The predicted octanol–water partition coefficient (Wildman–Crippen LogP) is -3.39. The SMILES string of the molecule is O=[N+]([O-])c1ccc(N[C@@H]2[C@@H](O)[C@H](O)O[C@H](CN(C[C@H]3O[C@@H](O)[C@H](O)[C@@H](Nc4ccc([N+](=O)[O-])cc4[N+](=O)[O-])[C@@H]3O)[C@H]3[C@H](O)[C@@H]4OC[C@@H](O4)[C@H]3O)[C@H]2O)c([N+](=O)[O-])c1. The molecule has 0 radical (unpaired) electrons. The van der Waals surface area contributed by atoms with Gasteiger partial charge in [-0.3, -0.25) is 45.4 Å². The summed E-state index contributed by atoms with van der Waals surface area (Å²) in [5, 5.41) is 140. The number of nitro benzene ring substituents is 4. The largest absolute Gasteiger partial charge is 0.389 e. The Kier molecular flexibility index (Phi) is 12.1. The van der Waals surface area contributed by atoms with Crippen molar-refractivity contribution in [1.29, 1.82) is 0 Å². The van der Waals surface area contributed by atoms with Crippen molar-refractivity contribution in [2.75, 3.05) is 30.3 Å². The monoisotopic (exact) mass is 815 g/mol. The zero-order valence-electron chi connectivity index (χ0n) is 29.0. The number of nitrogens with zero attached hydrogens (tertiary/aromatic N) is 5. The molecule has 0 saturated carbocycles. The summed E-state index contributed by atoms with van der Waals surface area (Å²) >= 11 is 0. The second-order valence-corrected chi connectivity index (χ2v) is 13.7. The van der Waals surface area contributed by atoms with Crippen molar-refractivity contribution >= 4 is 34.1 Å². The molecule has 4 saturated heterocycles. The van der Waals surface area contributed by atoms with Crippen LogP contribution >= 0.6 is 0 Å². The molecule has 4 aliphatic rings. The van der Waals surface area contributed by atoms with Crippen molar-refractivity contribution < 1.29 is 79.5 Å². The summed E-state index contributed by atoms with van der Waals surface area (Å²) in [4.78, 5) is 43.5. The van der Waals surface area contributed by atoms with Crippen LogP contribution in [0.1, 0.15) is 0 Å². The highest BCUT2D eigenvalue weighted by atomic mass is 16.7. The van der Waals surface area contributed by atoms with Crippen LogP contribution in [0.15, 0.2) is 36.4 Å². The van der Waals surface area contributed by atoms with Crippen LogP contribution in [0.5, 0.6) is 0 Å². The first-order valence-corrected chi connectivity index (χ1v) is 17.0. The standard InChI is InChI=1S/C30H37N7O20/c38-22-16(55-28(44)25(41)19(22)31-12-3-1-10(34(46)47)5-14(12)36(50)51)7-33(21-24(40)18-9-54-30(57-18)27(21)43)8-17-23(39)20(26(42)29(45)56-17)32-13-4-2-11(35(48)49)6-15(13)37(52)53/h1-6,16-32,38-45H,7-9H2/t16-,17-,18-,19+,20+,21-,22-,23-,24-,25-,26-,27+,28-,29-,30-/m1/s1. The Hall–Kier alpha value is -4.88. The molecular weight excluding hydrogens is 778 g/mol. The highest BCUT2D eigenvalue weighted by molar-refractivity contribution is 5.67. The summed E-state index contributed by atoms with van der Waals surface area (Å²) in [5.74, 6) is 0. The van der Waals surface area contributed by atoms with Crippen molar-refractivity contribution in [3.8, 4) is 0 Å². The molecule has 4 heterocycles. The first-order chi connectivity index (χ1) is 26.9. The predicted molar refractivity (Wildman–Crippen MR) is 182 cm³/mol. The highest BCUT2D eigenvalue weighted by Crippen LogP contribution is 2.37. The van der Waals surface area contributed by atoms with E-state index in [-0.39, 0.29) is 6.61 Å². The lowest BCUT2D eigenvalue weighted by molar-refractivity contribution is -0.393. The summed E-state index contributed by atoms with van der Waals surface area (Å²) in [6.07, 6.45) is -20.7. The molecule has 27 nitrogen and oxygen atoms in total. The lowest BCUT2D eigenvalue weighted by atomic mass is 9.90. The number of nitrogens with one attached hydrogen (secondary N) is 2. The fourth-order valence-corrected chi connectivity index (χ4v) is 7.31. The number of aliphatic hydroxyl groups is 8. The molecular formula is C30H37N7O20. The van der Waals surface area contributed by atoms with E-state index >= 15 is 0 Å². The molecule has 2 bridgehead atoms. The van der Waals surface area contributed by atoms with Crippen LogP contribution in [-0.2, 0) is 18.9 Å². The van der Waals surface area contributed by atoms with E-state index in [1.807, 2.05) is 0 Å². The van der Waals surface area contributed by atoms with Crippen molar-refractivity contribution in [1.82, 2.24) is 4.90 Å². The van der Waals surface area contributed by atoms with Gasteiger partial charge in [0.1, 0.15) is 66.3 Å². The Morgan fingerprint density at radius 1 is 0.596 bits per heavy atom. The van der Waals surface area contributed by atoms with Crippen LogP contribution in [0.4, 0.5) is 34.1 Å². The van der Waals surface area contributed by atoms with E-state index < -0.39 is 159 Å². The van der Waals surface area contributed by atoms with Gasteiger partial charge in [-0.2, -0.15) is 0 Å². The van der Waals surface area contributed by atoms with Crippen LogP contribution in [0.25, 0.3) is 0 Å². The van der Waals surface area contributed by atoms with Crippen molar-refractivity contribution in [3.05, 3.63) is 76.9 Å². The average Bonchev–Trinajstić information content (AvgIpc) is 3.62. The van der Waals surface area contributed by atoms with Gasteiger partial charge in [-0.15, -0.1) is 0 Å². The second kappa shape index (κ2) is 16.5. The number of aliphatic hydroxyl groups excluding tert-OH is 8. The van der Waals surface area contributed by atoms with E-state index in [2.05, 4.69) is 10.6 Å². The van der Waals surface area contributed by atoms with Crippen LogP contribution in [0.3, 0.4) is 0 Å². The number of anilines is 2. The lowest BCUT2D eigenvalue weighted by Gasteiger charge is -2.49. The summed E-state index contributed by atoms with van der Waals surface area (Å²) < 4.78 is 21.9. The zero-order chi connectivity index (χ0) is 41.6. The van der Waals surface area contributed by atoms with Gasteiger partial charge in [0, 0.05) is 25.2 Å². The molecule has 0 amide bonds. The van der Waals surface area contributed by atoms with Crippen LogP contribution in [0.2, 0.25) is 0 Å². The van der Waals surface area contributed by atoms with Crippen molar-refractivity contribution in [2.24, 2.45) is 0 Å². The fourth-order valence-electron chi connectivity index (χ4n) is 7.31. The maximum absolute atomic E-state index is 11.8. The van der Waals surface area contributed by atoms with Gasteiger partial charge in [0.15, 0.2) is 18.9 Å². The molecule has 4 aliphatic heterocycles. The van der Waals surface area contributed by atoms with Gasteiger partial charge in [0.25, 0.3) is 22.7 Å². The second-order valence-electron chi connectivity index (χ2n) is 13.7. The van der Waals surface area contributed by atoms with Crippen LogP contribution in [0, 0.1) is 40.5 Å². The van der Waals surface area contributed by atoms with Crippen molar-refractivity contribution in [2.45, 2.75) is 91.9 Å². The van der Waals surface area contributed by atoms with Gasteiger partial charge >= 0.3 is 0 Å². The molecule has 2 aromatic carbocycles. The number of hydrogen-bond acceptors (Lipinski definition) is 23. The number of rotatable bonds is 13. The third-order valence-electron chi connectivity index (χ3n) is 10.2. The Morgan fingerprint density at radius 3 is 1.44 bits per heavy atom. The minimum Gasteiger partial charge on any atom is -0.389 e. The van der Waals surface area contributed by atoms with E-state index in [4.69, 9.17) is 18.9 Å². The normalized spacial score (nSPS) is 36.4. The van der Waals surface area contributed by atoms with E-state index in [0.29, 0.717) is 12.1 Å². The number of fused-ring (bicyclic) bond motifs is 2. The third-order valence-corrected chi connectivity index (χ3v) is 10.2. The molecule has 312 valence electrons. The van der Waals surface area contributed by atoms with Gasteiger partial charge in [0.2, 0.25) is 0 Å². The van der Waals surface area contributed by atoms with Crippen LogP contribution in [-0.4, -0.2) is 177 Å². The molecule has 2 aromatic rings. The number of benzene rings is 2. The Bertz CT molecular complexity index is 1730. The maximum atomic E-state index is 11.8. The van der Waals surface area contributed by atoms with Gasteiger partial charge in [0.05, 0.1) is 56.6 Å². The number of ether oxygens (including phenoxy) is 4. The number of non-ortho nitro benzene ring substituents is 2. The summed E-state index contributed by atoms with van der Waals surface area (Å²) in [7, 11) is 0. The molecule has 0 aliphatic carbocycles. The first-order valence-electron chi connectivity index (χ1n) is 17.0. The summed E-state index contributed by atoms with van der Waals surface area (Å²) in [5.41, 5.74) is -3.74. The third kappa shape index (κ3) is 8.27. The Morgan fingerprint density at radius 2 is 1.04 bits per heavy atom. The minimum absolute atomic E-state index is 0.172. The van der Waals surface area contributed by atoms with Gasteiger partial charge in [-0.1, -0.05) is 0 Å². The molecule has 4 fully saturated rings. The lowest BCUT2D eigenvalue weighted by Crippen LogP contribution is -2.69. The highest BCUT2D eigenvalue weighted by Gasteiger charge is 2.55. The quantitative estimate of drug-likeness (QED) is 0.0696. The topological polar surface area (TPSA) is 399 Å². The van der Waals surface area contributed by atoms with E-state index in [1.54, 1.807) is 0 Å². The minimum atomic E-state index is -2.10. The Balaban J connectivity index is 1.30. The maximum Gasteiger partial charge on any atom is 0.299 e. The number of hydrogen-bond donors (Lipinski definition) is 10. The molecule has 0 spiro atoms. The zero-order valence-corrected chi connectivity index (χ0v) is 29.0. The summed E-state index contributed by atoms with van der Waals surface area (Å²) in [6.45, 7) is -1.42. The van der Waals surface area contributed by atoms with E-state index in [0.717, 1.165) is 24.3 Å². The van der Waals surface area contributed by atoms with Gasteiger partial charge < -0.3 is 70.4 Å². The molecule has 0 unspecified atom stereocenters. The van der Waals surface area contributed by atoms with Gasteiger partial charge in [-0.25, -0.2) is 0 Å². The molecule has 0 aromatic heterocycles. The number of nitro groups is 4. The average molecular weight is 816 g/mol. The van der Waals surface area contributed by atoms with E-state index in [9.17, 15) is 81.3 Å². The fraction of sp³-hybridized carbons (Fsp3) is 0.600. The first kappa shape index (κ1) is 41.7. The molecule has 6 rings (SSSR count).